The summed E-state index contributed by atoms with van der Waals surface area (Å²) in [6, 6.07) is 10.7. The second-order valence-electron chi connectivity index (χ2n) is 4.91. The number of benzene rings is 2. The van der Waals surface area contributed by atoms with Crippen molar-refractivity contribution in [2.75, 3.05) is 0 Å². The zero-order valence-electron chi connectivity index (χ0n) is 11.9. The third kappa shape index (κ3) is 2.70. The van der Waals surface area contributed by atoms with Gasteiger partial charge in [-0.25, -0.2) is 0 Å². The molecule has 0 bridgehead atoms. The Morgan fingerprint density at radius 2 is 1.95 bits per heavy atom. The number of carbonyl (C=O) groups is 1. The van der Waals surface area contributed by atoms with Crippen molar-refractivity contribution in [1.82, 2.24) is 4.57 Å². The van der Waals surface area contributed by atoms with Gasteiger partial charge in [-0.1, -0.05) is 46.7 Å². The van der Waals surface area contributed by atoms with Crippen LogP contribution in [-0.2, 0) is 7.05 Å². The van der Waals surface area contributed by atoms with Gasteiger partial charge in [0.25, 0.3) is 5.91 Å². The van der Waals surface area contributed by atoms with Crippen molar-refractivity contribution in [3.63, 3.8) is 0 Å². The maximum absolute atomic E-state index is 12.3. The minimum atomic E-state index is -0.350. The highest BCUT2D eigenvalue weighted by Gasteiger charge is 2.11. The van der Waals surface area contributed by atoms with Crippen LogP contribution in [0.1, 0.15) is 15.9 Å². The summed E-state index contributed by atoms with van der Waals surface area (Å²) in [5, 5.41) is 1.08. The Morgan fingerprint density at radius 3 is 2.68 bits per heavy atom. The monoisotopic (exact) mass is 350 g/mol. The highest BCUT2D eigenvalue weighted by atomic mass is 35.5. The quantitative estimate of drug-likeness (QED) is 0.631. The fraction of sp³-hybridized carbons (Fsp3) is 0.125. The first-order valence-electron chi connectivity index (χ1n) is 6.56. The lowest BCUT2D eigenvalue weighted by Gasteiger charge is -2.01. The van der Waals surface area contributed by atoms with E-state index in [0.717, 1.165) is 15.8 Å². The zero-order chi connectivity index (χ0) is 15.9. The van der Waals surface area contributed by atoms with Gasteiger partial charge in [-0.05, 0) is 36.8 Å². The molecule has 22 heavy (non-hydrogen) atoms. The van der Waals surface area contributed by atoms with E-state index in [1.165, 1.54) is 11.3 Å². The highest BCUT2D eigenvalue weighted by molar-refractivity contribution is 7.16. The molecule has 0 aliphatic carbocycles. The summed E-state index contributed by atoms with van der Waals surface area (Å²) in [4.78, 5) is 17.2. The Labute approximate surface area is 141 Å². The van der Waals surface area contributed by atoms with Crippen molar-refractivity contribution in [3.8, 4) is 0 Å². The van der Waals surface area contributed by atoms with Gasteiger partial charge in [0.2, 0.25) is 0 Å². The van der Waals surface area contributed by atoms with Crippen LogP contribution in [0.2, 0.25) is 10.0 Å². The third-order valence-corrected chi connectivity index (χ3v) is 4.98. The molecule has 3 nitrogen and oxygen atoms in total. The molecule has 112 valence electrons. The van der Waals surface area contributed by atoms with Gasteiger partial charge in [-0.3, -0.25) is 4.79 Å². The standard InChI is InChI=1S/C16H12Cl2N2OS/c1-9-7-10(17)8-13-14(9)20(2)16(22-13)19-15(21)11-5-3-4-6-12(11)18/h3-8H,1-2H3. The van der Waals surface area contributed by atoms with E-state index in [-0.39, 0.29) is 5.91 Å². The average Bonchev–Trinajstić information content (AvgIpc) is 2.75. The van der Waals surface area contributed by atoms with Gasteiger partial charge in [0, 0.05) is 12.1 Å². The first-order chi connectivity index (χ1) is 10.5. The molecule has 0 N–H and O–H groups in total. The number of rotatable bonds is 1. The molecular weight excluding hydrogens is 339 g/mol. The van der Waals surface area contributed by atoms with Gasteiger partial charge in [-0.2, -0.15) is 4.99 Å². The first kappa shape index (κ1) is 15.3. The van der Waals surface area contributed by atoms with E-state index < -0.39 is 0 Å². The molecular formula is C16H12Cl2N2OS. The summed E-state index contributed by atoms with van der Waals surface area (Å²) < 4.78 is 2.90. The smallest absolute Gasteiger partial charge is 0.281 e. The van der Waals surface area contributed by atoms with Gasteiger partial charge in [0.1, 0.15) is 0 Å². The largest absolute Gasteiger partial charge is 0.319 e. The molecule has 0 aliphatic heterocycles. The van der Waals surface area contributed by atoms with E-state index in [2.05, 4.69) is 4.99 Å². The molecule has 0 radical (unpaired) electrons. The summed E-state index contributed by atoms with van der Waals surface area (Å²) in [7, 11) is 1.89. The van der Waals surface area contributed by atoms with Crippen LogP contribution in [0.15, 0.2) is 41.4 Å². The van der Waals surface area contributed by atoms with Crippen LogP contribution in [0.3, 0.4) is 0 Å². The second-order valence-corrected chi connectivity index (χ2v) is 6.76. The molecule has 0 fully saturated rings. The third-order valence-electron chi connectivity index (χ3n) is 3.36. The van der Waals surface area contributed by atoms with Crippen molar-refractivity contribution < 1.29 is 4.79 Å². The summed E-state index contributed by atoms with van der Waals surface area (Å²) in [6.07, 6.45) is 0. The van der Waals surface area contributed by atoms with Crippen LogP contribution >= 0.6 is 34.5 Å². The maximum atomic E-state index is 12.3. The van der Waals surface area contributed by atoms with Gasteiger partial charge >= 0.3 is 0 Å². The highest BCUT2D eigenvalue weighted by Crippen LogP contribution is 2.25. The molecule has 0 spiro atoms. The summed E-state index contributed by atoms with van der Waals surface area (Å²) >= 11 is 13.6. The van der Waals surface area contributed by atoms with Gasteiger partial charge in [0.15, 0.2) is 4.80 Å². The average molecular weight is 351 g/mol. The van der Waals surface area contributed by atoms with E-state index in [0.29, 0.717) is 20.4 Å². The number of hydrogen-bond donors (Lipinski definition) is 0. The summed E-state index contributed by atoms with van der Waals surface area (Å²) in [5.74, 6) is -0.350. The lowest BCUT2D eigenvalue weighted by Crippen LogP contribution is -2.13. The fourth-order valence-corrected chi connectivity index (χ4v) is 4.04. The van der Waals surface area contributed by atoms with Gasteiger partial charge in [0.05, 0.1) is 20.8 Å². The number of hydrogen-bond acceptors (Lipinski definition) is 2. The van der Waals surface area contributed by atoms with Gasteiger partial charge in [-0.15, -0.1) is 0 Å². The number of amides is 1. The first-order valence-corrected chi connectivity index (χ1v) is 8.14. The number of aromatic nitrogens is 1. The van der Waals surface area contributed by atoms with Crippen LogP contribution in [0.25, 0.3) is 10.2 Å². The molecule has 0 saturated carbocycles. The van der Waals surface area contributed by atoms with Crippen molar-refractivity contribution in [2.24, 2.45) is 12.0 Å². The number of thiazole rings is 1. The van der Waals surface area contributed by atoms with Crippen LogP contribution in [0, 0.1) is 6.92 Å². The van der Waals surface area contributed by atoms with Crippen LogP contribution < -0.4 is 4.80 Å². The van der Waals surface area contributed by atoms with E-state index in [9.17, 15) is 4.79 Å². The Hall–Kier alpha value is -1.62. The van der Waals surface area contributed by atoms with Gasteiger partial charge < -0.3 is 4.57 Å². The molecule has 3 rings (SSSR count). The second kappa shape index (κ2) is 5.88. The maximum Gasteiger partial charge on any atom is 0.281 e. The number of carbonyl (C=O) groups excluding carboxylic acids is 1. The molecule has 1 aromatic heterocycles. The van der Waals surface area contributed by atoms with Crippen molar-refractivity contribution in [1.29, 1.82) is 0 Å². The molecule has 2 aromatic carbocycles. The number of nitrogens with zero attached hydrogens (tertiary/aromatic N) is 2. The molecule has 6 heteroatoms. The predicted octanol–water partition coefficient (Wildman–Crippen LogP) is 4.60. The fourth-order valence-electron chi connectivity index (χ4n) is 2.35. The van der Waals surface area contributed by atoms with Crippen molar-refractivity contribution in [2.45, 2.75) is 6.92 Å². The summed E-state index contributed by atoms with van der Waals surface area (Å²) in [5.41, 5.74) is 2.48. The van der Waals surface area contributed by atoms with Crippen LogP contribution in [-0.4, -0.2) is 10.5 Å². The minimum Gasteiger partial charge on any atom is -0.319 e. The molecule has 1 heterocycles. The Balaban J connectivity index is 2.18. The molecule has 1 amide bonds. The number of fused-ring (bicyclic) bond motifs is 1. The molecule has 0 unspecified atom stereocenters. The van der Waals surface area contributed by atoms with Crippen LogP contribution in [0.5, 0.6) is 0 Å². The van der Waals surface area contributed by atoms with Crippen molar-refractivity contribution in [3.05, 3.63) is 62.4 Å². The normalized spacial score (nSPS) is 12.1. The summed E-state index contributed by atoms with van der Waals surface area (Å²) in [6.45, 7) is 1.99. The number of aryl methyl sites for hydroxylation is 2. The Bertz CT molecular complexity index is 956. The van der Waals surface area contributed by atoms with E-state index in [4.69, 9.17) is 23.2 Å². The zero-order valence-corrected chi connectivity index (χ0v) is 14.3. The predicted molar refractivity (Wildman–Crippen MR) is 91.9 cm³/mol. The van der Waals surface area contributed by atoms with E-state index in [1.807, 2.05) is 30.7 Å². The lowest BCUT2D eigenvalue weighted by atomic mass is 10.2. The lowest BCUT2D eigenvalue weighted by molar-refractivity contribution is 0.0998. The minimum absolute atomic E-state index is 0.350. The molecule has 0 atom stereocenters. The topological polar surface area (TPSA) is 34.4 Å². The molecule has 0 saturated heterocycles. The molecule has 3 aromatic rings. The number of halogens is 2. The Kier molecular flexibility index (Phi) is 4.08. The van der Waals surface area contributed by atoms with E-state index in [1.54, 1.807) is 24.3 Å². The van der Waals surface area contributed by atoms with E-state index >= 15 is 0 Å². The SMILES string of the molecule is Cc1cc(Cl)cc2sc(=NC(=O)c3ccccc3Cl)n(C)c12. The Morgan fingerprint density at radius 1 is 1.23 bits per heavy atom. The van der Waals surface area contributed by atoms with Crippen molar-refractivity contribution >= 4 is 50.7 Å². The van der Waals surface area contributed by atoms with Crippen LogP contribution in [0.4, 0.5) is 0 Å². The molecule has 0 aliphatic rings.